The summed E-state index contributed by atoms with van der Waals surface area (Å²) in [6.45, 7) is 0.175. The highest BCUT2D eigenvalue weighted by atomic mass is 19.4. The molecule has 0 spiro atoms. The van der Waals surface area contributed by atoms with E-state index in [-0.39, 0.29) is 12.1 Å². The van der Waals surface area contributed by atoms with Crippen molar-refractivity contribution in [3.05, 3.63) is 102 Å². The van der Waals surface area contributed by atoms with E-state index in [1.165, 1.54) is 24.3 Å². The molecule has 0 bridgehead atoms. The van der Waals surface area contributed by atoms with Crippen molar-refractivity contribution in [2.75, 3.05) is 5.32 Å². The predicted molar refractivity (Wildman–Crippen MR) is 108 cm³/mol. The third kappa shape index (κ3) is 4.74. The fourth-order valence-corrected chi connectivity index (χ4v) is 3.14. The van der Waals surface area contributed by atoms with Crippen molar-refractivity contribution < 1.29 is 22.0 Å². The Bertz CT molecular complexity index is 1160. The summed E-state index contributed by atoms with van der Waals surface area (Å²) in [6.07, 6.45) is -2.77. The second-order valence-electron chi connectivity index (χ2n) is 6.88. The van der Waals surface area contributed by atoms with Gasteiger partial charge in [0.2, 0.25) is 0 Å². The van der Waals surface area contributed by atoms with Gasteiger partial charge in [-0.05, 0) is 47.5 Å². The van der Waals surface area contributed by atoms with Gasteiger partial charge < -0.3 is 5.32 Å². The number of para-hydroxylation sites is 1. The number of alkyl halides is 3. The van der Waals surface area contributed by atoms with Crippen molar-refractivity contribution >= 4 is 5.82 Å². The van der Waals surface area contributed by atoms with Crippen LogP contribution in [0.15, 0.2) is 79.0 Å². The van der Waals surface area contributed by atoms with E-state index in [2.05, 4.69) is 10.4 Å². The molecule has 0 saturated heterocycles. The van der Waals surface area contributed by atoms with E-state index in [0.29, 0.717) is 16.9 Å². The van der Waals surface area contributed by atoms with Crippen LogP contribution in [0.1, 0.15) is 11.1 Å². The monoisotopic (exact) mass is 429 g/mol. The van der Waals surface area contributed by atoms with Gasteiger partial charge in [-0.15, -0.1) is 5.10 Å². The molecular formula is C23H16F5N3. The van der Waals surface area contributed by atoms with Crippen LogP contribution >= 0.6 is 0 Å². The Morgan fingerprint density at radius 2 is 1.48 bits per heavy atom. The topological polar surface area (TPSA) is 29.9 Å². The molecule has 0 radical (unpaired) electrons. The second-order valence-corrected chi connectivity index (χ2v) is 6.88. The number of benzene rings is 3. The number of hydrogen-bond donors (Lipinski definition) is 1. The Balaban J connectivity index is 1.66. The van der Waals surface area contributed by atoms with E-state index in [4.69, 9.17) is 0 Å². The van der Waals surface area contributed by atoms with Crippen molar-refractivity contribution in [2.45, 2.75) is 12.7 Å². The zero-order valence-corrected chi connectivity index (χ0v) is 16.0. The number of anilines is 1. The molecule has 0 saturated carbocycles. The summed E-state index contributed by atoms with van der Waals surface area (Å²) in [7, 11) is 0. The van der Waals surface area contributed by atoms with Gasteiger partial charge >= 0.3 is 6.18 Å². The largest absolute Gasteiger partial charge is 0.416 e. The summed E-state index contributed by atoms with van der Waals surface area (Å²) >= 11 is 0. The molecule has 0 amide bonds. The van der Waals surface area contributed by atoms with Gasteiger partial charge in [0.05, 0.1) is 11.3 Å². The molecule has 8 heteroatoms. The van der Waals surface area contributed by atoms with Crippen LogP contribution in [0.4, 0.5) is 27.8 Å². The maximum Gasteiger partial charge on any atom is 0.416 e. The van der Waals surface area contributed by atoms with E-state index < -0.39 is 23.4 Å². The van der Waals surface area contributed by atoms with Crippen molar-refractivity contribution in [1.29, 1.82) is 0 Å². The number of hydrogen-bond acceptors (Lipinski definition) is 2. The molecule has 0 aliphatic heterocycles. The Morgan fingerprint density at radius 3 is 2.10 bits per heavy atom. The molecule has 1 aromatic heterocycles. The molecule has 0 fully saturated rings. The maximum atomic E-state index is 13.8. The molecule has 3 aromatic carbocycles. The molecular weight excluding hydrogens is 413 g/mol. The van der Waals surface area contributed by atoms with E-state index in [9.17, 15) is 22.0 Å². The van der Waals surface area contributed by atoms with Gasteiger partial charge in [0.15, 0.2) is 5.82 Å². The number of halogens is 5. The fraction of sp³-hybridized carbons (Fsp3) is 0.0870. The van der Waals surface area contributed by atoms with Crippen LogP contribution in [0.3, 0.4) is 0 Å². The highest BCUT2D eigenvalue weighted by Gasteiger charge is 2.29. The molecule has 4 aromatic rings. The predicted octanol–water partition coefficient (Wildman–Crippen LogP) is 6.45. The lowest BCUT2D eigenvalue weighted by Gasteiger charge is -2.09. The normalized spacial score (nSPS) is 11.5. The average Bonchev–Trinajstić information content (AvgIpc) is 3.16. The number of nitrogens with one attached hydrogen (secondary N) is 1. The number of nitrogens with zero attached hydrogens (tertiary/aromatic N) is 2. The van der Waals surface area contributed by atoms with Gasteiger partial charge in [0, 0.05) is 24.4 Å². The third-order valence-electron chi connectivity index (χ3n) is 4.65. The Kier molecular flexibility index (Phi) is 5.46. The summed E-state index contributed by atoms with van der Waals surface area (Å²) in [4.78, 5) is 0. The lowest BCUT2D eigenvalue weighted by Crippen LogP contribution is -2.06. The van der Waals surface area contributed by atoms with Crippen LogP contribution in [0.5, 0.6) is 0 Å². The van der Waals surface area contributed by atoms with Crippen LogP contribution in [0.2, 0.25) is 0 Å². The number of rotatable bonds is 5. The molecule has 4 rings (SSSR count). The minimum Gasteiger partial charge on any atom is -0.364 e. The van der Waals surface area contributed by atoms with Crippen LogP contribution < -0.4 is 5.32 Å². The zero-order valence-electron chi connectivity index (χ0n) is 16.0. The van der Waals surface area contributed by atoms with Crippen molar-refractivity contribution in [1.82, 2.24) is 9.78 Å². The highest BCUT2D eigenvalue weighted by Crippen LogP contribution is 2.31. The van der Waals surface area contributed by atoms with Gasteiger partial charge in [-0.1, -0.05) is 30.3 Å². The van der Waals surface area contributed by atoms with Gasteiger partial charge in [0.1, 0.15) is 11.6 Å². The molecule has 0 atom stereocenters. The molecule has 1 heterocycles. The van der Waals surface area contributed by atoms with Crippen molar-refractivity contribution in [3.63, 3.8) is 0 Å². The van der Waals surface area contributed by atoms with Crippen LogP contribution in [-0.4, -0.2) is 9.78 Å². The summed E-state index contributed by atoms with van der Waals surface area (Å²) in [5.74, 6) is -1.11. The molecule has 31 heavy (non-hydrogen) atoms. The van der Waals surface area contributed by atoms with Gasteiger partial charge in [-0.3, -0.25) is 0 Å². The summed E-state index contributed by atoms with van der Waals surface area (Å²) in [5, 5.41) is 7.53. The molecule has 1 N–H and O–H groups in total. The van der Waals surface area contributed by atoms with Crippen molar-refractivity contribution in [2.24, 2.45) is 0 Å². The Labute approximate surface area is 174 Å². The van der Waals surface area contributed by atoms with Gasteiger partial charge in [0.25, 0.3) is 0 Å². The first-order valence-electron chi connectivity index (χ1n) is 9.31. The number of aromatic nitrogens is 2. The minimum absolute atomic E-state index is 0.175. The lowest BCUT2D eigenvalue weighted by atomic mass is 10.1. The highest BCUT2D eigenvalue weighted by molar-refractivity contribution is 5.75. The molecule has 0 unspecified atom stereocenters. The van der Waals surface area contributed by atoms with E-state index in [1.807, 2.05) is 30.3 Å². The van der Waals surface area contributed by atoms with Crippen LogP contribution in [0.25, 0.3) is 16.8 Å². The van der Waals surface area contributed by atoms with E-state index in [1.54, 1.807) is 10.9 Å². The van der Waals surface area contributed by atoms with E-state index >= 15 is 0 Å². The van der Waals surface area contributed by atoms with Gasteiger partial charge in [-0.25, -0.2) is 13.5 Å². The first-order chi connectivity index (χ1) is 14.8. The third-order valence-corrected chi connectivity index (χ3v) is 4.65. The lowest BCUT2D eigenvalue weighted by molar-refractivity contribution is -0.137. The van der Waals surface area contributed by atoms with Crippen LogP contribution in [0, 0.1) is 11.6 Å². The van der Waals surface area contributed by atoms with Crippen LogP contribution in [-0.2, 0) is 12.7 Å². The molecule has 0 aliphatic rings. The molecule has 3 nitrogen and oxygen atoms in total. The minimum atomic E-state index is -4.41. The summed E-state index contributed by atoms with van der Waals surface area (Å²) in [5.41, 5.74) is 1.34. The standard InChI is InChI=1S/C23H16F5N3/c24-18-10-16(11-19(25)12-18)21-14-31(20-4-2-1-3-5-20)30-22(21)29-13-15-6-8-17(9-7-15)23(26,27)28/h1-12,14H,13H2,(H,29,30). The fourth-order valence-electron chi connectivity index (χ4n) is 3.14. The first kappa shape index (κ1) is 20.6. The summed E-state index contributed by atoms with van der Waals surface area (Å²) in [6, 6.07) is 17.0. The Morgan fingerprint density at radius 1 is 0.839 bits per heavy atom. The second kappa shape index (κ2) is 8.22. The molecule has 158 valence electrons. The quantitative estimate of drug-likeness (QED) is 0.370. The smallest absolute Gasteiger partial charge is 0.364 e. The molecule has 0 aliphatic carbocycles. The van der Waals surface area contributed by atoms with Gasteiger partial charge in [-0.2, -0.15) is 13.2 Å². The Hall–Kier alpha value is -3.68. The van der Waals surface area contributed by atoms with Crippen molar-refractivity contribution in [3.8, 4) is 16.8 Å². The first-order valence-corrected chi connectivity index (χ1v) is 9.31. The average molecular weight is 429 g/mol. The SMILES string of the molecule is Fc1cc(F)cc(-c2cn(-c3ccccc3)nc2NCc2ccc(C(F)(F)F)cc2)c1. The summed E-state index contributed by atoms with van der Waals surface area (Å²) < 4.78 is 67.4. The maximum absolute atomic E-state index is 13.8. The zero-order chi connectivity index (χ0) is 22.0. The van der Waals surface area contributed by atoms with E-state index in [0.717, 1.165) is 23.9 Å².